The van der Waals surface area contributed by atoms with Gasteiger partial charge in [-0.25, -0.2) is 0 Å². The maximum atomic E-state index is 11.8. The fourth-order valence-electron chi connectivity index (χ4n) is 1.50. The molecule has 0 N–H and O–H groups in total. The van der Waals surface area contributed by atoms with E-state index < -0.39 is 0 Å². The molecule has 0 bridgehead atoms. The summed E-state index contributed by atoms with van der Waals surface area (Å²) in [5.74, 6) is -0.264. The van der Waals surface area contributed by atoms with Gasteiger partial charge in [0.15, 0.2) is 0 Å². The smallest absolute Gasteiger partial charge is 0.387 e. The largest absolute Gasteiger partial charge is 0.398 e. The van der Waals surface area contributed by atoms with Crippen molar-refractivity contribution in [3.63, 3.8) is 0 Å². The maximum Gasteiger partial charge on any atom is 0.387 e. The van der Waals surface area contributed by atoms with Crippen LogP contribution in [0.1, 0.15) is 25.3 Å². The third-order valence-corrected chi connectivity index (χ3v) is 2.30. The first-order chi connectivity index (χ1) is 8.74. The molecule has 0 aliphatic carbocycles. The van der Waals surface area contributed by atoms with Gasteiger partial charge in [-0.15, -0.1) is 0 Å². The maximum absolute atomic E-state index is 11.8. The van der Waals surface area contributed by atoms with E-state index in [1.807, 2.05) is 13.0 Å². The van der Waals surface area contributed by atoms with Crippen molar-refractivity contribution in [3.05, 3.63) is 41.4 Å². The Bertz CT molecular complexity index is 488. The third kappa shape index (κ3) is 3.37. The van der Waals surface area contributed by atoms with Crippen molar-refractivity contribution in [1.82, 2.24) is 0 Å². The van der Waals surface area contributed by atoms with Crippen LogP contribution in [-0.2, 0) is 9.63 Å². The minimum atomic E-state index is -0.264. The second-order valence-corrected chi connectivity index (χ2v) is 3.61. The Kier molecular flexibility index (Phi) is 5.48. The van der Waals surface area contributed by atoms with E-state index in [9.17, 15) is 4.79 Å². The van der Waals surface area contributed by atoms with Crippen molar-refractivity contribution in [1.29, 1.82) is 0 Å². The quantitative estimate of drug-likeness (QED) is 0.333. The van der Waals surface area contributed by atoms with Crippen molar-refractivity contribution in [2.75, 3.05) is 7.11 Å². The molecule has 1 aromatic carbocycles. The van der Waals surface area contributed by atoms with Gasteiger partial charge in [-0.05, 0) is 6.42 Å². The van der Waals surface area contributed by atoms with E-state index in [0.29, 0.717) is 18.4 Å². The zero-order chi connectivity index (χ0) is 13.4. The summed E-state index contributed by atoms with van der Waals surface area (Å²) in [6.07, 6.45) is 0.974. The van der Waals surface area contributed by atoms with Crippen LogP contribution in [0.5, 0.6) is 0 Å². The number of nitrogens with zero attached hydrogens (tertiary/aromatic N) is 3. The molecule has 0 saturated carbocycles. The van der Waals surface area contributed by atoms with Crippen LogP contribution >= 0.6 is 0 Å². The average Bonchev–Trinajstić information content (AvgIpc) is 2.40. The Labute approximate surface area is 106 Å². The van der Waals surface area contributed by atoms with Gasteiger partial charge in [-0.3, -0.25) is 4.79 Å². The monoisotopic (exact) mass is 245 g/mol. The summed E-state index contributed by atoms with van der Waals surface area (Å²) in [5.41, 5.74) is 9.83. The van der Waals surface area contributed by atoms with Gasteiger partial charge >= 0.3 is 5.71 Å². The molecule has 1 rings (SSSR count). The fraction of sp³-hybridized carbons (Fsp3) is 0.308. The van der Waals surface area contributed by atoms with Gasteiger partial charge in [0.1, 0.15) is 7.11 Å². The van der Waals surface area contributed by atoms with E-state index in [0.717, 1.165) is 0 Å². The van der Waals surface area contributed by atoms with E-state index in [1.54, 1.807) is 24.3 Å². The van der Waals surface area contributed by atoms with Gasteiger partial charge in [-0.1, -0.05) is 42.4 Å². The summed E-state index contributed by atoms with van der Waals surface area (Å²) in [5, 5.41) is 3.77. The molecule has 0 saturated heterocycles. The Morgan fingerprint density at radius 3 is 2.56 bits per heavy atom. The summed E-state index contributed by atoms with van der Waals surface area (Å²) in [7, 11) is 1.38. The zero-order valence-electron chi connectivity index (χ0n) is 10.5. The summed E-state index contributed by atoms with van der Waals surface area (Å²) in [4.78, 5) is 19.6. The van der Waals surface area contributed by atoms with Crippen LogP contribution in [0, 0.1) is 0 Å². The predicted molar refractivity (Wildman–Crippen MR) is 68.5 cm³/mol. The molecule has 0 aliphatic heterocycles. The molecule has 0 radical (unpaired) electrons. The topological polar surface area (TPSA) is 75.1 Å². The molecule has 18 heavy (non-hydrogen) atoms. The molecule has 94 valence electrons. The van der Waals surface area contributed by atoms with Crippen LogP contribution in [0.3, 0.4) is 0 Å². The number of carbonyl (C=O) groups is 1. The van der Waals surface area contributed by atoms with Crippen LogP contribution < -0.4 is 0 Å². The second kappa shape index (κ2) is 7.14. The highest BCUT2D eigenvalue weighted by Crippen LogP contribution is 2.05. The normalized spacial score (nSPS) is 10.7. The highest BCUT2D eigenvalue weighted by molar-refractivity contribution is 6.68. The number of oxime groups is 1. The van der Waals surface area contributed by atoms with Crippen molar-refractivity contribution in [2.24, 2.45) is 5.16 Å². The lowest BCUT2D eigenvalue weighted by molar-refractivity contribution is -0.116. The van der Waals surface area contributed by atoms with Gasteiger partial charge in [-0.2, -0.15) is 4.79 Å². The van der Waals surface area contributed by atoms with E-state index in [1.165, 1.54) is 7.11 Å². The predicted octanol–water partition coefficient (Wildman–Crippen LogP) is 2.08. The van der Waals surface area contributed by atoms with Crippen LogP contribution in [0.2, 0.25) is 0 Å². The summed E-state index contributed by atoms with van der Waals surface area (Å²) >= 11 is 0. The van der Waals surface area contributed by atoms with Crippen LogP contribution in [0.15, 0.2) is 35.5 Å². The molecular formula is C13H15N3O2. The van der Waals surface area contributed by atoms with E-state index in [4.69, 9.17) is 10.4 Å². The number of carbonyl (C=O) groups excluding carboxylic acids is 1. The van der Waals surface area contributed by atoms with Gasteiger partial charge < -0.3 is 10.4 Å². The molecule has 1 aromatic rings. The number of hydrogen-bond acceptors (Lipinski definition) is 3. The average molecular weight is 245 g/mol. The van der Waals surface area contributed by atoms with E-state index >= 15 is 0 Å². The Morgan fingerprint density at radius 2 is 2.06 bits per heavy atom. The van der Waals surface area contributed by atoms with Crippen LogP contribution in [0.4, 0.5) is 0 Å². The first kappa shape index (κ1) is 13.8. The molecule has 0 spiro atoms. The summed E-state index contributed by atoms with van der Waals surface area (Å²) in [6.45, 7) is 1.88. The minimum Gasteiger partial charge on any atom is -0.398 e. The Hall–Kier alpha value is -2.26. The highest BCUT2D eigenvalue weighted by atomic mass is 16.6. The molecule has 5 nitrogen and oxygen atoms in total. The van der Waals surface area contributed by atoms with E-state index in [2.05, 4.69) is 9.95 Å². The van der Waals surface area contributed by atoms with Crippen LogP contribution in [-0.4, -0.2) is 29.1 Å². The molecule has 0 unspecified atom stereocenters. The minimum absolute atomic E-state index is 0.0788. The Balaban J connectivity index is 3.18. The van der Waals surface area contributed by atoms with Gasteiger partial charge in [0.25, 0.3) is 0 Å². The molecule has 0 fully saturated rings. The number of hydrogen-bond donors (Lipinski definition) is 0. The van der Waals surface area contributed by atoms with Gasteiger partial charge in [0, 0.05) is 12.0 Å². The van der Waals surface area contributed by atoms with Crippen molar-refractivity contribution >= 4 is 17.2 Å². The molecule has 5 heteroatoms. The van der Waals surface area contributed by atoms with Gasteiger partial charge in [0.2, 0.25) is 11.5 Å². The summed E-state index contributed by atoms with van der Waals surface area (Å²) in [6, 6.07) is 8.99. The lowest BCUT2D eigenvalue weighted by Crippen LogP contribution is -2.26. The number of Topliss-reactive ketones (excluding diaryl/α,β-unsaturated/α-hetero) is 1. The molecule has 0 aromatic heterocycles. The lowest BCUT2D eigenvalue weighted by atomic mass is 10.0. The van der Waals surface area contributed by atoms with E-state index in [-0.39, 0.29) is 17.2 Å². The SMILES string of the molecule is CCCC(=O)C(=[N+]=[N-])/C(=N\OC)c1ccccc1. The first-order valence-corrected chi connectivity index (χ1v) is 5.66. The lowest BCUT2D eigenvalue weighted by Gasteiger charge is -2.00. The Morgan fingerprint density at radius 1 is 1.39 bits per heavy atom. The highest BCUT2D eigenvalue weighted by Gasteiger charge is 2.28. The van der Waals surface area contributed by atoms with Crippen molar-refractivity contribution in [3.8, 4) is 0 Å². The second-order valence-electron chi connectivity index (χ2n) is 3.61. The summed E-state index contributed by atoms with van der Waals surface area (Å²) < 4.78 is 0. The molecule has 0 atom stereocenters. The van der Waals surface area contributed by atoms with Crippen molar-refractivity contribution in [2.45, 2.75) is 19.8 Å². The standard InChI is InChI=1S/C13H15N3O2/c1-3-7-11(17)13(15-14)12(16-18-2)10-8-5-4-6-9-10/h4-6,8-9H,3,7H2,1-2H3/b16-12-. The van der Waals surface area contributed by atoms with Crippen LogP contribution in [0.25, 0.3) is 5.53 Å². The molecule has 0 heterocycles. The number of rotatable bonds is 6. The number of ketones is 1. The molecule has 0 amide bonds. The first-order valence-electron chi connectivity index (χ1n) is 5.66. The third-order valence-electron chi connectivity index (χ3n) is 2.30. The fourth-order valence-corrected chi connectivity index (χ4v) is 1.50. The number of benzene rings is 1. The van der Waals surface area contributed by atoms with Crippen molar-refractivity contribution < 1.29 is 14.4 Å². The van der Waals surface area contributed by atoms with Gasteiger partial charge in [0.05, 0.1) is 0 Å². The molecular weight excluding hydrogens is 230 g/mol. The molecule has 0 aliphatic rings. The zero-order valence-corrected chi connectivity index (χ0v) is 10.5.